The van der Waals surface area contributed by atoms with Crippen molar-refractivity contribution in [2.75, 3.05) is 0 Å². The van der Waals surface area contributed by atoms with E-state index in [0.717, 1.165) is 0 Å². The van der Waals surface area contributed by atoms with Crippen LogP contribution >= 0.6 is 11.6 Å². The van der Waals surface area contributed by atoms with Crippen LogP contribution in [0.1, 0.15) is 31.9 Å². The van der Waals surface area contributed by atoms with Gasteiger partial charge in [0.1, 0.15) is 0 Å². The molecule has 0 spiro atoms. The van der Waals surface area contributed by atoms with Crippen molar-refractivity contribution < 1.29 is 13.2 Å². The number of alkyl halides is 4. The average molecular weight is 255 g/mol. The molecule has 1 N–H and O–H groups in total. The van der Waals surface area contributed by atoms with Crippen molar-refractivity contribution in [2.45, 2.75) is 37.7 Å². The zero-order chi connectivity index (χ0) is 12.3. The van der Waals surface area contributed by atoms with Gasteiger partial charge in [-0.2, -0.15) is 18.3 Å². The quantitative estimate of drug-likeness (QED) is 0.816. The minimum Gasteiger partial charge on any atom is -0.282 e. The lowest BCUT2D eigenvalue weighted by molar-refractivity contribution is -0.181. The molecule has 1 heterocycles. The Morgan fingerprint density at radius 1 is 1.44 bits per heavy atom. The van der Waals surface area contributed by atoms with Crippen molar-refractivity contribution >= 4 is 11.6 Å². The molecule has 0 saturated heterocycles. The highest BCUT2D eigenvalue weighted by Gasteiger charge is 2.44. The van der Waals surface area contributed by atoms with Gasteiger partial charge in [0, 0.05) is 23.2 Å². The molecule has 3 unspecified atom stereocenters. The number of aromatic amines is 1. The van der Waals surface area contributed by atoms with Gasteiger partial charge in [-0.05, 0) is 19.4 Å². The molecule has 0 aliphatic heterocycles. The maximum Gasteiger partial charge on any atom is 0.392 e. The van der Waals surface area contributed by atoms with E-state index in [-0.39, 0.29) is 6.42 Å². The van der Waals surface area contributed by atoms with E-state index < -0.39 is 23.4 Å². The van der Waals surface area contributed by atoms with E-state index in [0.29, 0.717) is 5.69 Å². The molecule has 0 radical (unpaired) electrons. The van der Waals surface area contributed by atoms with Gasteiger partial charge in [-0.1, -0.05) is 6.92 Å². The molecule has 3 atom stereocenters. The van der Waals surface area contributed by atoms with Crippen molar-refractivity contribution in [3.63, 3.8) is 0 Å². The molecular weight excluding hydrogens is 241 g/mol. The first-order valence-electron chi connectivity index (χ1n) is 5.02. The standard InChI is InChI=1S/C10H14ClF3N2/c1-6(11)5-8(10(12,13)14)7(2)9-3-4-15-16-9/h3-4,6-8H,5H2,1-2H3,(H,15,16). The van der Waals surface area contributed by atoms with Crippen LogP contribution in [-0.2, 0) is 0 Å². The summed E-state index contributed by atoms with van der Waals surface area (Å²) in [6, 6.07) is 1.56. The summed E-state index contributed by atoms with van der Waals surface area (Å²) in [6.07, 6.45) is -2.89. The lowest BCUT2D eigenvalue weighted by Gasteiger charge is -2.26. The van der Waals surface area contributed by atoms with Crippen LogP contribution in [0.2, 0.25) is 0 Å². The Morgan fingerprint density at radius 3 is 2.44 bits per heavy atom. The van der Waals surface area contributed by atoms with Crippen LogP contribution in [0.25, 0.3) is 0 Å². The Kier molecular flexibility index (Phi) is 4.24. The highest BCUT2D eigenvalue weighted by Crippen LogP contribution is 2.40. The summed E-state index contributed by atoms with van der Waals surface area (Å²) in [6.45, 7) is 3.10. The lowest BCUT2D eigenvalue weighted by atomic mass is 9.87. The summed E-state index contributed by atoms with van der Waals surface area (Å²) in [4.78, 5) is 0. The van der Waals surface area contributed by atoms with E-state index in [4.69, 9.17) is 11.6 Å². The van der Waals surface area contributed by atoms with Crippen LogP contribution in [0.4, 0.5) is 13.2 Å². The molecule has 0 amide bonds. The van der Waals surface area contributed by atoms with Gasteiger partial charge in [0.2, 0.25) is 0 Å². The highest BCUT2D eigenvalue weighted by atomic mass is 35.5. The molecule has 1 aromatic rings. The summed E-state index contributed by atoms with van der Waals surface area (Å²) in [5, 5.41) is 5.73. The lowest BCUT2D eigenvalue weighted by Crippen LogP contribution is -2.30. The predicted octanol–water partition coefficient (Wildman–Crippen LogP) is 3.71. The van der Waals surface area contributed by atoms with E-state index in [1.54, 1.807) is 13.0 Å². The van der Waals surface area contributed by atoms with Gasteiger partial charge >= 0.3 is 6.18 Å². The number of halogens is 4. The van der Waals surface area contributed by atoms with Crippen molar-refractivity contribution in [3.8, 4) is 0 Å². The van der Waals surface area contributed by atoms with E-state index in [1.807, 2.05) is 0 Å². The van der Waals surface area contributed by atoms with Gasteiger partial charge in [-0.3, -0.25) is 5.10 Å². The first-order valence-corrected chi connectivity index (χ1v) is 5.46. The average Bonchev–Trinajstić information content (AvgIpc) is 2.63. The van der Waals surface area contributed by atoms with Gasteiger partial charge in [0.25, 0.3) is 0 Å². The fourth-order valence-electron chi connectivity index (χ4n) is 1.71. The van der Waals surface area contributed by atoms with Crippen LogP contribution in [0, 0.1) is 5.92 Å². The number of rotatable bonds is 4. The highest BCUT2D eigenvalue weighted by molar-refractivity contribution is 6.20. The molecule has 1 rings (SSSR count). The van der Waals surface area contributed by atoms with Gasteiger partial charge in [0.05, 0.1) is 5.92 Å². The van der Waals surface area contributed by atoms with Gasteiger partial charge in [0.15, 0.2) is 0 Å². The first kappa shape index (κ1) is 13.4. The van der Waals surface area contributed by atoms with Crippen LogP contribution in [0.3, 0.4) is 0 Å². The molecular formula is C10H14ClF3N2. The summed E-state index contributed by atoms with van der Waals surface area (Å²) >= 11 is 5.66. The third-order valence-electron chi connectivity index (χ3n) is 2.62. The summed E-state index contributed by atoms with van der Waals surface area (Å²) in [5.41, 5.74) is 0.486. The number of nitrogens with zero attached hydrogens (tertiary/aromatic N) is 1. The fourth-order valence-corrected chi connectivity index (χ4v) is 1.90. The number of hydrogen-bond donors (Lipinski definition) is 1. The zero-order valence-corrected chi connectivity index (χ0v) is 9.81. The normalized spacial score (nSPS) is 18.1. The third kappa shape index (κ3) is 3.40. The second kappa shape index (κ2) is 5.08. The molecule has 0 bridgehead atoms. The molecule has 6 heteroatoms. The summed E-state index contributed by atoms with van der Waals surface area (Å²) in [5.74, 6) is -2.11. The monoisotopic (exact) mass is 254 g/mol. The molecule has 16 heavy (non-hydrogen) atoms. The van der Waals surface area contributed by atoms with Crippen LogP contribution < -0.4 is 0 Å². The molecule has 0 fully saturated rings. The Hall–Kier alpha value is -0.710. The number of H-pyrrole nitrogens is 1. The minimum atomic E-state index is -4.24. The van der Waals surface area contributed by atoms with Gasteiger partial charge in [-0.15, -0.1) is 11.6 Å². The maximum absolute atomic E-state index is 12.8. The minimum absolute atomic E-state index is 0.0920. The van der Waals surface area contributed by atoms with Gasteiger partial charge in [-0.25, -0.2) is 0 Å². The van der Waals surface area contributed by atoms with Crippen molar-refractivity contribution in [2.24, 2.45) is 5.92 Å². The SMILES string of the molecule is CC(Cl)CC(C(C)c1ccn[nH]1)C(F)(F)F. The zero-order valence-electron chi connectivity index (χ0n) is 9.05. The molecule has 1 aromatic heterocycles. The number of aromatic nitrogens is 2. The fraction of sp³-hybridized carbons (Fsp3) is 0.700. The molecule has 92 valence electrons. The Balaban J connectivity index is 2.84. The molecule has 0 aromatic carbocycles. The topological polar surface area (TPSA) is 28.7 Å². The van der Waals surface area contributed by atoms with Crippen LogP contribution in [0.5, 0.6) is 0 Å². The second-order valence-electron chi connectivity index (χ2n) is 3.97. The van der Waals surface area contributed by atoms with Gasteiger partial charge < -0.3 is 0 Å². The third-order valence-corrected chi connectivity index (χ3v) is 2.79. The van der Waals surface area contributed by atoms with E-state index in [9.17, 15) is 13.2 Å². The largest absolute Gasteiger partial charge is 0.392 e. The Morgan fingerprint density at radius 2 is 2.06 bits per heavy atom. The van der Waals surface area contributed by atoms with E-state index in [2.05, 4.69) is 10.2 Å². The van der Waals surface area contributed by atoms with E-state index >= 15 is 0 Å². The molecule has 0 saturated carbocycles. The smallest absolute Gasteiger partial charge is 0.282 e. The molecule has 0 aliphatic carbocycles. The Bertz CT molecular complexity index is 308. The predicted molar refractivity (Wildman–Crippen MR) is 56.5 cm³/mol. The van der Waals surface area contributed by atoms with Crippen LogP contribution in [0.15, 0.2) is 12.3 Å². The number of hydrogen-bond acceptors (Lipinski definition) is 1. The summed E-state index contributed by atoms with van der Waals surface area (Å²) < 4.78 is 38.5. The van der Waals surface area contributed by atoms with E-state index in [1.165, 1.54) is 13.1 Å². The maximum atomic E-state index is 12.8. The van der Waals surface area contributed by atoms with Crippen molar-refractivity contribution in [1.82, 2.24) is 10.2 Å². The summed E-state index contributed by atoms with van der Waals surface area (Å²) in [7, 11) is 0. The molecule has 0 aliphatic rings. The molecule has 2 nitrogen and oxygen atoms in total. The van der Waals surface area contributed by atoms with Crippen molar-refractivity contribution in [3.05, 3.63) is 18.0 Å². The second-order valence-corrected chi connectivity index (χ2v) is 4.71. The van der Waals surface area contributed by atoms with Crippen molar-refractivity contribution in [1.29, 1.82) is 0 Å². The number of nitrogens with one attached hydrogen (secondary N) is 1. The Labute approximate surface area is 97.2 Å². The first-order chi connectivity index (χ1) is 7.32. The van der Waals surface area contributed by atoms with Crippen LogP contribution in [-0.4, -0.2) is 21.8 Å².